The van der Waals surface area contributed by atoms with Crippen molar-refractivity contribution in [3.8, 4) is 5.88 Å². The number of anilines is 1. The van der Waals surface area contributed by atoms with Crippen molar-refractivity contribution in [1.29, 1.82) is 0 Å². The zero-order valence-electron chi connectivity index (χ0n) is 22.3. The van der Waals surface area contributed by atoms with Crippen LogP contribution < -0.4 is 10.5 Å². The Balaban J connectivity index is 1.23. The van der Waals surface area contributed by atoms with E-state index < -0.39 is 24.5 Å². The molecule has 10 heteroatoms. The minimum Gasteiger partial charge on any atom is -0.471 e. The van der Waals surface area contributed by atoms with E-state index in [-0.39, 0.29) is 25.0 Å². The fraction of sp³-hybridized carbons (Fsp3) is 0.258. The van der Waals surface area contributed by atoms with Gasteiger partial charge >= 0.3 is 0 Å². The molecule has 10 nitrogen and oxygen atoms in total. The van der Waals surface area contributed by atoms with Gasteiger partial charge in [-0.1, -0.05) is 91.0 Å². The molecule has 0 amide bonds. The molecule has 0 aliphatic carbocycles. The van der Waals surface area contributed by atoms with Crippen LogP contribution in [-0.2, 0) is 34.0 Å². The molecule has 41 heavy (non-hydrogen) atoms. The summed E-state index contributed by atoms with van der Waals surface area (Å²) in [5.41, 5.74) is 9.86. The normalized spacial score (nSPS) is 20.4. The van der Waals surface area contributed by atoms with Gasteiger partial charge in [-0.05, 0) is 16.7 Å². The number of imidazole rings is 1. The Morgan fingerprint density at radius 2 is 1.41 bits per heavy atom. The van der Waals surface area contributed by atoms with Crippen molar-refractivity contribution in [2.45, 2.75) is 44.4 Å². The lowest BCUT2D eigenvalue weighted by Crippen LogP contribution is -2.36. The van der Waals surface area contributed by atoms with Crippen molar-refractivity contribution in [2.24, 2.45) is 0 Å². The molecule has 0 spiro atoms. The molecule has 5 aromatic rings. The van der Waals surface area contributed by atoms with E-state index in [1.165, 1.54) is 0 Å². The first kappa shape index (κ1) is 26.9. The van der Waals surface area contributed by atoms with Gasteiger partial charge in [0.15, 0.2) is 17.4 Å². The summed E-state index contributed by atoms with van der Waals surface area (Å²) in [5, 5.41) is 11.5. The van der Waals surface area contributed by atoms with E-state index in [2.05, 4.69) is 15.0 Å². The molecule has 3 aromatic carbocycles. The van der Waals surface area contributed by atoms with Crippen molar-refractivity contribution in [2.75, 3.05) is 12.3 Å². The van der Waals surface area contributed by atoms with Gasteiger partial charge in [-0.2, -0.15) is 9.97 Å². The molecule has 3 heterocycles. The van der Waals surface area contributed by atoms with Gasteiger partial charge < -0.3 is 29.8 Å². The van der Waals surface area contributed by atoms with E-state index in [0.717, 1.165) is 16.7 Å². The van der Waals surface area contributed by atoms with Gasteiger partial charge in [-0.3, -0.25) is 4.57 Å². The zero-order valence-corrected chi connectivity index (χ0v) is 22.3. The molecule has 1 fully saturated rings. The highest BCUT2D eigenvalue weighted by molar-refractivity contribution is 5.77. The van der Waals surface area contributed by atoms with E-state index in [9.17, 15) is 5.11 Å². The second kappa shape index (κ2) is 12.4. The quantitative estimate of drug-likeness (QED) is 0.249. The molecule has 1 saturated heterocycles. The number of nitrogen functional groups attached to an aromatic ring is 1. The second-order valence-electron chi connectivity index (χ2n) is 9.80. The Morgan fingerprint density at radius 1 is 0.805 bits per heavy atom. The van der Waals surface area contributed by atoms with Crippen molar-refractivity contribution >= 4 is 17.1 Å². The van der Waals surface area contributed by atoms with Gasteiger partial charge in [0.2, 0.25) is 11.8 Å². The summed E-state index contributed by atoms with van der Waals surface area (Å²) in [7, 11) is 0. The molecule has 4 atom stereocenters. The first-order valence-electron chi connectivity index (χ1n) is 13.4. The van der Waals surface area contributed by atoms with Crippen LogP contribution in [0.4, 0.5) is 5.95 Å². The van der Waals surface area contributed by atoms with Crippen LogP contribution in [0.25, 0.3) is 11.2 Å². The summed E-state index contributed by atoms with van der Waals surface area (Å²) in [6.07, 6.45) is -1.55. The number of rotatable bonds is 11. The largest absolute Gasteiger partial charge is 0.471 e. The van der Waals surface area contributed by atoms with E-state index in [4.69, 9.17) is 24.7 Å². The summed E-state index contributed by atoms with van der Waals surface area (Å²) in [5.74, 6) is 0.275. The summed E-state index contributed by atoms with van der Waals surface area (Å²) < 4.78 is 26.2. The molecule has 3 N–H and O–H groups in total. The van der Waals surface area contributed by atoms with Crippen LogP contribution in [0.1, 0.15) is 22.9 Å². The monoisotopic (exact) mass is 553 g/mol. The molecular weight excluding hydrogens is 522 g/mol. The zero-order chi connectivity index (χ0) is 28.0. The predicted molar refractivity (Wildman–Crippen MR) is 152 cm³/mol. The molecule has 0 saturated carbocycles. The average Bonchev–Trinajstić information content (AvgIpc) is 3.56. The Hall–Kier alpha value is -4.35. The standard InChI is InChI=1S/C31H31N5O5/c32-31-34-28-25(29(35-31)40-18-23-14-8-3-9-15-23)33-20-36(28)30-26(37)27(39-17-22-12-6-2-7-13-22)24(41-30)19-38-16-21-10-4-1-5-11-21/h1-15,20,24,26-27,30,37H,16-19H2,(H2,32,34,35)/t24-,26-,27-,30-/m1/s1. The van der Waals surface area contributed by atoms with E-state index >= 15 is 0 Å². The Bertz CT molecular complexity index is 1550. The minimum atomic E-state index is -1.04. The van der Waals surface area contributed by atoms with Crippen molar-refractivity contribution in [3.05, 3.63) is 114 Å². The molecule has 1 aliphatic rings. The molecule has 1 aliphatic heterocycles. The van der Waals surface area contributed by atoms with Crippen molar-refractivity contribution < 1.29 is 24.1 Å². The lowest BCUT2D eigenvalue weighted by Gasteiger charge is -2.21. The Labute approximate surface area is 237 Å². The van der Waals surface area contributed by atoms with Crippen LogP contribution in [0.15, 0.2) is 97.3 Å². The van der Waals surface area contributed by atoms with Crippen LogP contribution in [0.5, 0.6) is 5.88 Å². The number of benzene rings is 3. The van der Waals surface area contributed by atoms with Crippen LogP contribution in [0, 0.1) is 0 Å². The van der Waals surface area contributed by atoms with E-state index in [1.54, 1.807) is 10.9 Å². The van der Waals surface area contributed by atoms with Crippen LogP contribution in [0.3, 0.4) is 0 Å². The first-order chi connectivity index (χ1) is 20.2. The number of aromatic nitrogens is 4. The van der Waals surface area contributed by atoms with Crippen LogP contribution >= 0.6 is 0 Å². The third-order valence-electron chi connectivity index (χ3n) is 6.89. The topological polar surface area (TPSA) is 127 Å². The van der Waals surface area contributed by atoms with Gasteiger partial charge in [-0.25, -0.2) is 4.98 Å². The summed E-state index contributed by atoms with van der Waals surface area (Å²) in [4.78, 5) is 13.1. The van der Waals surface area contributed by atoms with E-state index in [1.807, 2.05) is 91.0 Å². The summed E-state index contributed by atoms with van der Waals surface area (Å²) in [6, 6.07) is 29.4. The maximum Gasteiger partial charge on any atom is 0.247 e. The minimum absolute atomic E-state index is 0.0226. The fourth-order valence-corrected chi connectivity index (χ4v) is 4.84. The number of ether oxygens (including phenoxy) is 4. The highest BCUT2D eigenvalue weighted by Gasteiger charge is 2.46. The maximum atomic E-state index is 11.5. The van der Waals surface area contributed by atoms with Gasteiger partial charge in [-0.15, -0.1) is 0 Å². The second-order valence-corrected chi connectivity index (χ2v) is 9.80. The number of hydrogen-bond acceptors (Lipinski definition) is 9. The highest BCUT2D eigenvalue weighted by Crippen LogP contribution is 2.35. The average molecular weight is 554 g/mol. The number of fused-ring (bicyclic) bond motifs is 1. The third-order valence-corrected chi connectivity index (χ3v) is 6.89. The molecule has 210 valence electrons. The van der Waals surface area contributed by atoms with E-state index in [0.29, 0.717) is 24.4 Å². The maximum absolute atomic E-state index is 11.5. The molecule has 0 radical (unpaired) electrons. The smallest absolute Gasteiger partial charge is 0.247 e. The van der Waals surface area contributed by atoms with Gasteiger partial charge in [0, 0.05) is 0 Å². The van der Waals surface area contributed by atoms with Gasteiger partial charge in [0.25, 0.3) is 0 Å². The number of aliphatic hydroxyl groups excluding tert-OH is 1. The predicted octanol–water partition coefficient (Wildman–Crippen LogP) is 4.05. The Morgan fingerprint density at radius 3 is 2.07 bits per heavy atom. The molecule has 0 bridgehead atoms. The summed E-state index contributed by atoms with van der Waals surface area (Å²) in [6.45, 7) is 1.23. The third kappa shape index (κ3) is 6.21. The molecule has 6 rings (SSSR count). The van der Waals surface area contributed by atoms with Crippen LogP contribution in [-0.4, -0.2) is 49.5 Å². The summed E-state index contributed by atoms with van der Waals surface area (Å²) >= 11 is 0. The molecular formula is C31H31N5O5. The lowest BCUT2D eigenvalue weighted by atomic mass is 10.1. The molecule has 0 unspecified atom stereocenters. The van der Waals surface area contributed by atoms with Gasteiger partial charge in [0.05, 0.1) is 26.1 Å². The highest BCUT2D eigenvalue weighted by atomic mass is 16.6. The lowest BCUT2D eigenvalue weighted by molar-refractivity contribution is -0.0822. The van der Waals surface area contributed by atoms with Crippen molar-refractivity contribution in [3.63, 3.8) is 0 Å². The Kier molecular flexibility index (Phi) is 8.15. The first-order valence-corrected chi connectivity index (χ1v) is 13.4. The SMILES string of the molecule is Nc1nc(OCc2ccccc2)c2ncn([C@@H]3O[C@H](COCc4ccccc4)[C@@H](OCc4ccccc4)[C@H]3O)c2n1. The number of hydrogen-bond donors (Lipinski definition) is 2. The number of nitrogens with two attached hydrogens (primary N) is 1. The van der Waals surface area contributed by atoms with Crippen molar-refractivity contribution in [1.82, 2.24) is 19.5 Å². The number of nitrogens with zero attached hydrogens (tertiary/aromatic N) is 4. The number of aliphatic hydroxyl groups is 1. The fourth-order valence-electron chi connectivity index (χ4n) is 4.84. The van der Waals surface area contributed by atoms with Gasteiger partial charge in [0.1, 0.15) is 24.9 Å². The molecule has 2 aromatic heterocycles. The van der Waals surface area contributed by atoms with Crippen LogP contribution in [0.2, 0.25) is 0 Å².